The number of aromatic nitrogens is 1. The number of benzene rings is 1. The third-order valence-electron chi connectivity index (χ3n) is 2.80. The molecule has 0 atom stereocenters. The van der Waals surface area contributed by atoms with E-state index in [1.165, 1.54) is 6.21 Å². The Kier molecular flexibility index (Phi) is 5.19. The van der Waals surface area contributed by atoms with Crippen molar-refractivity contribution in [2.24, 2.45) is 5.10 Å². The van der Waals surface area contributed by atoms with Crippen LogP contribution in [0.2, 0.25) is 0 Å². The first kappa shape index (κ1) is 15.6. The summed E-state index contributed by atoms with van der Waals surface area (Å²) in [6, 6.07) is 8.90. The smallest absolute Gasteiger partial charge is 0.287 e. The zero-order valence-corrected chi connectivity index (χ0v) is 12.8. The number of amides is 1. The summed E-state index contributed by atoms with van der Waals surface area (Å²) in [7, 11) is 1.58. The Morgan fingerprint density at radius 1 is 1.32 bits per heavy atom. The summed E-state index contributed by atoms with van der Waals surface area (Å²) in [6.07, 6.45) is 3.20. The van der Waals surface area contributed by atoms with Gasteiger partial charge >= 0.3 is 0 Å². The fourth-order valence-corrected chi connectivity index (χ4v) is 1.85. The van der Waals surface area contributed by atoms with E-state index in [0.29, 0.717) is 17.2 Å². The van der Waals surface area contributed by atoms with Crippen LogP contribution in [0.15, 0.2) is 41.6 Å². The predicted molar refractivity (Wildman–Crippen MR) is 84.6 cm³/mol. The minimum absolute atomic E-state index is 0.00281. The molecule has 1 aromatic heterocycles. The summed E-state index contributed by atoms with van der Waals surface area (Å²) >= 11 is 0. The molecule has 6 heteroatoms. The molecule has 1 heterocycles. The number of ether oxygens (including phenoxy) is 2. The Morgan fingerprint density at radius 2 is 2.14 bits per heavy atom. The lowest BCUT2D eigenvalue weighted by Gasteiger charge is -2.15. The molecular weight excluding hydrogens is 282 g/mol. The Bertz CT molecular complexity index is 649. The van der Waals surface area contributed by atoms with Gasteiger partial charge in [-0.05, 0) is 38.1 Å². The van der Waals surface area contributed by atoms with Gasteiger partial charge in [0.25, 0.3) is 5.91 Å². The van der Waals surface area contributed by atoms with Crippen molar-refractivity contribution in [2.75, 3.05) is 7.11 Å². The van der Waals surface area contributed by atoms with Crippen molar-refractivity contribution in [1.29, 1.82) is 0 Å². The van der Waals surface area contributed by atoms with Crippen LogP contribution < -0.4 is 14.9 Å². The van der Waals surface area contributed by atoms with E-state index in [4.69, 9.17) is 9.47 Å². The van der Waals surface area contributed by atoms with Gasteiger partial charge in [0.05, 0.1) is 19.4 Å². The molecule has 6 nitrogen and oxygen atoms in total. The summed E-state index contributed by atoms with van der Waals surface area (Å²) in [4.78, 5) is 14.6. The van der Waals surface area contributed by atoms with Gasteiger partial charge in [0.1, 0.15) is 5.69 Å². The van der Waals surface area contributed by atoms with Crippen LogP contribution in [0.3, 0.4) is 0 Å². The largest absolute Gasteiger partial charge is 0.493 e. The van der Waals surface area contributed by atoms with Gasteiger partial charge < -0.3 is 14.5 Å². The molecule has 0 bridgehead atoms. The number of rotatable bonds is 6. The first-order valence-corrected chi connectivity index (χ1v) is 6.92. The molecule has 0 aliphatic heterocycles. The van der Waals surface area contributed by atoms with Crippen molar-refractivity contribution in [1.82, 2.24) is 10.4 Å². The highest BCUT2D eigenvalue weighted by molar-refractivity contribution is 5.93. The maximum atomic E-state index is 11.8. The molecule has 116 valence electrons. The molecule has 22 heavy (non-hydrogen) atoms. The van der Waals surface area contributed by atoms with Crippen LogP contribution in [0, 0.1) is 0 Å². The van der Waals surface area contributed by atoms with Gasteiger partial charge in [-0.15, -0.1) is 0 Å². The van der Waals surface area contributed by atoms with Crippen molar-refractivity contribution in [3.05, 3.63) is 47.8 Å². The maximum Gasteiger partial charge on any atom is 0.287 e. The van der Waals surface area contributed by atoms with E-state index in [-0.39, 0.29) is 12.0 Å². The lowest BCUT2D eigenvalue weighted by atomic mass is 10.2. The lowest BCUT2D eigenvalue weighted by molar-refractivity contribution is 0.0950. The predicted octanol–water partition coefficient (Wildman–Crippen LogP) is 2.57. The zero-order valence-electron chi connectivity index (χ0n) is 12.8. The van der Waals surface area contributed by atoms with Crippen LogP contribution in [0.4, 0.5) is 0 Å². The van der Waals surface area contributed by atoms with Crippen molar-refractivity contribution in [3.63, 3.8) is 0 Å². The Balaban J connectivity index is 2.14. The highest BCUT2D eigenvalue weighted by atomic mass is 16.5. The Labute approximate surface area is 129 Å². The van der Waals surface area contributed by atoms with E-state index < -0.39 is 0 Å². The van der Waals surface area contributed by atoms with Crippen molar-refractivity contribution >= 4 is 12.1 Å². The van der Waals surface area contributed by atoms with Gasteiger partial charge in [0, 0.05) is 11.8 Å². The molecule has 1 amide bonds. The molecule has 0 fully saturated rings. The van der Waals surface area contributed by atoms with Crippen LogP contribution in [0.25, 0.3) is 0 Å². The Hall–Kier alpha value is -2.76. The van der Waals surface area contributed by atoms with E-state index >= 15 is 0 Å². The number of nitrogens with zero attached hydrogens (tertiary/aromatic N) is 1. The van der Waals surface area contributed by atoms with E-state index in [1.807, 2.05) is 32.0 Å². The summed E-state index contributed by atoms with van der Waals surface area (Å²) in [5.41, 5.74) is 3.62. The minimum atomic E-state index is -0.310. The van der Waals surface area contributed by atoms with Crippen LogP contribution in [0.5, 0.6) is 11.5 Å². The molecule has 2 N–H and O–H groups in total. The van der Waals surface area contributed by atoms with Gasteiger partial charge in [-0.1, -0.05) is 6.07 Å². The molecule has 0 saturated heterocycles. The van der Waals surface area contributed by atoms with Crippen molar-refractivity contribution in [3.8, 4) is 11.5 Å². The number of methoxy groups -OCH3 is 1. The molecular formula is C16H19N3O3. The molecule has 2 rings (SSSR count). The van der Waals surface area contributed by atoms with E-state index in [1.54, 1.807) is 25.4 Å². The second kappa shape index (κ2) is 7.31. The molecule has 0 radical (unpaired) electrons. The Morgan fingerprint density at radius 3 is 2.77 bits per heavy atom. The van der Waals surface area contributed by atoms with Gasteiger partial charge in [-0.2, -0.15) is 5.10 Å². The third kappa shape index (κ3) is 3.88. The number of carbonyl (C=O) groups excluding carboxylic acids is 1. The summed E-state index contributed by atoms with van der Waals surface area (Å²) in [5.74, 6) is 0.904. The lowest BCUT2D eigenvalue weighted by Crippen LogP contribution is -2.18. The number of para-hydroxylation sites is 1. The summed E-state index contributed by atoms with van der Waals surface area (Å²) < 4.78 is 11.1. The van der Waals surface area contributed by atoms with Crippen LogP contribution in [-0.2, 0) is 0 Å². The molecule has 0 aliphatic rings. The van der Waals surface area contributed by atoms with E-state index in [0.717, 1.165) is 5.56 Å². The normalized spacial score (nSPS) is 10.9. The van der Waals surface area contributed by atoms with E-state index in [9.17, 15) is 4.79 Å². The monoisotopic (exact) mass is 301 g/mol. The van der Waals surface area contributed by atoms with Gasteiger partial charge in [0.2, 0.25) is 0 Å². The number of hydrogen-bond donors (Lipinski definition) is 2. The zero-order chi connectivity index (χ0) is 15.9. The number of carbonyl (C=O) groups is 1. The number of hydrogen-bond acceptors (Lipinski definition) is 4. The van der Waals surface area contributed by atoms with Gasteiger partial charge in [-0.3, -0.25) is 4.79 Å². The maximum absolute atomic E-state index is 11.8. The third-order valence-corrected chi connectivity index (χ3v) is 2.80. The highest BCUT2D eigenvalue weighted by Crippen LogP contribution is 2.30. The fourth-order valence-electron chi connectivity index (χ4n) is 1.85. The quantitative estimate of drug-likeness (QED) is 0.636. The average molecular weight is 301 g/mol. The van der Waals surface area contributed by atoms with E-state index in [2.05, 4.69) is 15.5 Å². The molecule has 2 aromatic rings. The average Bonchev–Trinajstić information content (AvgIpc) is 3.02. The van der Waals surface area contributed by atoms with Crippen LogP contribution >= 0.6 is 0 Å². The second-order valence-corrected chi connectivity index (χ2v) is 4.83. The highest BCUT2D eigenvalue weighted by Gasteiger charge is 2.11. The summed E-state index contributed by atoms with van der Waals surface area (Å²) in [5, 5.41) is 3.96. The van der Waals surface area contributed by atoms with Crippen molar-refractivity contribution < 1.29 is 14.3 Å². The fraction of sp³-hybridized carbons (Fsp3) is 0.250. The van der Waals surface area contributed by atoms with Crippen LogP contribution in [0.1, 0.15) is 29.9 Å². The first-order valence-electron chi connectivity index (χ1n) is 6.92. The van der Waals surface area contributed by atoms with Gasteiger partial charge in [0.15, 0.2) is 11.5 Å². The van der Waals surface area contributed by atoms with Crippen molar-refractivity contribution in [2.45, 2.75) is 20.0 Å². The molecule has 0 unspecified atom stereocenters. The number of nitrogens with one attached hydrogen (secondary N) is 2. The second-order valence-electron chi connectivity index (χ2n) is 4.83. The molecule has 1 aromatic carbocycles. The molecule has 0 aliphatic carbocycles. The first-order chi connectivity index (χ1) is 10.6. The topological polar surface area (TPSA) is 75.7 Å². The van der Waals surface area contributed by atoms with Gasteiger partial charge in [-0.25, -0.2) is 5.43 Å². The SMILES string of the molecule is COc1cccc(/C=N\NC(=O)c2ccc[nH]2)c1OC(C)C. The number of aromatic amines is 1. The number of H-pyrrole nitrogens is 1. The molecule has 0 spiro atoms. The summed E-state index contributed by atoms with van der Waals surface area (Å²) in [6.45, 7) is 3.86. The van der Waals surface area contributed by atoms with Crippen LogP contribution in [-0.4, -0.2) is 30.3 Å². The standard InChI is InChI=1S/C16H19N3O3/c1-11(2)22-15-12(6-4-8-14(15)21-3)10-18-19-16(20)13-7-5-9-17-13/h4-11,17H,1-3H3,(H,19,20)/b18-10-. The minimum Gasteiger partial charge on any atom is -0.493 e. The number of hydrazone groups is 1. The molecule has 0 saturated carbocycles.